The topological polar surface area (TPSA) is 34.1 Å². The molecule has 1 unspecified atom stereocenters. The summed E-state index contributed by atoms with van der Waals surface area (Å²) in [5.41, 5.74) is 0.753. The molecule has 0 saturated heterocycles. The molecule has 0 aliphatic heterocycles. The van der Waals surface area contributed by atoms with Crippen molar-refractivity contribution >= 4 is 33.8 Å². The molecular weight excluding hydrogens is 388 g/mol. The van der Waals surface area contributed by atoms with Gasteiger partial charge in [-0.1, -0.05) is 43.6 Å². The molecule has 0 aromatic carbocycles. The van der Waals surface area contributed by atoms with Crippen LogP contribution in [0.2, 0.25) is 0 Å². The van der Waals surface area contributed by atoms with Crippen LogP contribution in [0, 0.1) is 0 Å². The summed E-state index contributed by atoms with van der Waals surface area (Å²) in [6.07, 6.45) is 5.41. The zero-order valence-corrected chi connectivity index (χ0v) is 20.4. The van der Waals surface area contributed by atoms with Gasteiger partial charge in [0.15, 0.2) is 0 Å². The van der Waals surface area contributed by atoms with Crippen molar-refractivity contribution in [3.63, 3.8) is 0 Å². The Morgan fingerprint density at radius 3 is 2.11 bits per heavy atom. The van der Waals surface area contributed by atoms with Crippen LogP contribution < -0.4 is 0 Å². The Labute approximate surface area is 182 Å². The summed E-state index contributed by atoms with van der Waals surface area (Å²) in [5.74, 6) is 1.68. The van der Waals surface area contributed by atoms with E-state index < -0.39 is 0 Å². The Kier molecular flexibility index (Phi) is 14.1. The molecule has 4 nitrogen and oxygen atoms in total. The van der Waals surface area contributed by atoms with E-state index in [2.05, 4.69) is 48.1 Å². The maximum atomic E-state index is 12.2. The van der Waals surface area contributed by atoms with Crippen molar-refractivity contribution in [1.29, 1.82) is 0 Å². The van der Waals surface area contributed by atoms with Gasteiger partial charge in [-0.05, 0) is 44.3 Å². The van der Waals surface area contributed by atoms with Crippen molar-refractivity contribution < 1.29 is 18.6 Å². The second kappa shape index (κ2) is 14.4. The largest absolute Gasteiger partial charge is 0.330 e. The molecule has 0 aromatic heterocycles. The van der Waals surface area contributed by atoms with Crippen LogP contribution in [-0.4, -0.2) is 84.6 Å². The zero-order valence-electron chi connectivity index (χ0n) is 18.8. The lowest BCUT2D eigenvalue weighted by Gasteiger charge is -2.38. The number of quaternary nitrogens is 2. The Bertz CT molecular complexity index is 515. The first-order chi connectivity index (χ1) is 13.1. The monoisotopic (exact) mass is 430 g/mol. The van der Waals surface area contributed by atoms with E-state index in [1.54, 1.807) is 0 Å². The molecule has 6 heteroatoms. The summed E-state index contributed by atoms with van der Waals surface area (Å²) < 4.78 is 1.92. The molecule has 28 heavy (non-hydrogen) atoms. The van der Waals surface area contributed by atoms with Crippen molar-refractivity contribution in [2.75, 3.05) is 65.4 Å². The Morgan fingerprint density at radius 2 is 1.57 bits per heavy atom. The summed E-state index contributed by atoms with van der Waals surface area (Å²) in [7, 11) is 6.42. The van der Waals surface area contributed by atoms with Gasteiger partial charge in [0.1, 0.15) is 0 Å². The molecule has 0 fully saturated rings. The number of rotatable bonds is 16. The van der Waals surface area contributed by atoms with Crippen molar-refractivity contribution in [3.8, 4) is 0 Å². The van der Waals surface area contributed by atoms with E-state index in [4.69, 9.17) is 0 Å². The SMILES string of the molecule is C=CC(=O)SCC[N+](CC)(CCC)CCCCC(=C)C(=O)SCC[N+](C)(C)C. The third-order valence-electron chi connectivity index (χ3n) is 4.99. The molecule has 0 heterocycles. The van der Waals surface area contributed by atoms with Crippen LogP contribution >= 0.6 is 23.5 Å². The van der Waals surface area contributed by atoms with E-state index in [1.165, 1.54) is 29.6 Å². The second-order valence-electron chi connectivity index (χ2n) is 8.41. The van der Waals surface area contributed by atoms with Crippen LogP contribution in [0.4, 0.5) is 0 Å². The van der Waals surface area contributed by atoms with Gasteiger partial charge in [0.05, 0.1) is 65.4 Å². The zero-order chi connectivity index (χ0) is 21.6. The fraction of sp³-hybridized carbons (Fsp3) is 0.727. The Balaban J connectivity index is 4.33. The van der Waals surface area contributed by atoms with Gasteiger partial charge in [0.2, 0.25) is 10.2 Å². The van der Waals surface area contributed by atoms with Crippen molar-refractivity contribution in [3.05, 3.63) is 24.8 Å². The quantitative estimate of drug-likeness (QED) is 0.207. The van der Waals surface area contributed by atoms with E-state index in [0.29, 0.717) is 0 Å². The first-order valence-corrected chi connectivity index (χ1v) is 12.4. The summed E-state index contributed by atoms with van der Waals surface area (Å²) >= 11 is 2.77. The average molecular weight is 431 g/mol. The minimum Gasteiger partial charge on any atom is -0.330 e. The standard InChI is InChI=1S/C22H42N2O2S2/c1-8-14-24(10-3,17-19-27-21(25)9-2)15-12-11-13-20(4)22(26)28-18-16-23(5,6)7/h9H,2,4,8,10-19H2,1,3,5-7H3/q+2. The molecule has 1 atom stereocenters. The van der Waals surface area contributed by atoms with Gasteiger partial charge in [-0.25, -0.2) is 0 Å². The van der Waals surface area contributed by atoms with E-state index >= 15 is 0 Å². The number of thioether (sulfide) groups is 2. The number of hydrogen-bond donors (Lipinski definition) is 0. The van der Waals surface area contributed by atoms with Gasteiger partial charge in [-0.3, -0.25) is 9.59 Å². The highest BCUT2D eigenvalue weighted by Gasteiger charge is 2.24. The second-order valence-corrected chi connectivity index (χ2v) is 10.6. The summed E-state index contributed by atoms with van der Waals surface area (Å²) in [4.78, 5) is 23.7. The highest BCUT2D eigenvalue weighted by molar-refractivity contribution is 8.14. The third-order valence-corrected chi connectivity index (χ3v) is 6.77. The molecule has 0 N–H and O–H groups in total. The van der Waals surface area contributed by atoms with Crippen LogP contribution in [0.1, 0.15) is 39.5 Å². The Hall–Kier alpha value is -0.560. The number of hydrogen-bond acceptors (Lipinski definition) is 4. The molecule has 0 aliphatic carbocycles. The summed E-state index contributed by atoms with van der Waals surface area (Å²) in [5, 5.41) is 0.209. The van der Waals surface area contributed by atoms with E-state index in [-0.39, 0.29) is 10.2 Å². The Morgan fingerprint density at radius 1 is 0.929 bits per heavy atom. The number of carbonyl (C=O) groups excluding carboxylic acids is 2. The van der Waals surface area contributed by atoms with E-state index in [1.807, 2.05) is 0 Å². The lowest BCUT2D eigenvalue weighted by atomic mass is 10.1. The van der Waals surface area contributed by atoms with E-state index in [9.17, 15) is 9.59 Å². The smallest absolute Gasteiger partial charge is 0.214 e. The van der Waals surface area contributed by atoms with Crippen LogP contribution in [0.5, 0.6) is 0 Å². The molecule has 0 rings (SSSR count). The summed E-state index contributed by atoms with van der Waals surface area (Å²) in [6, 6.07) is 0. The third kappa shape index (κ3) is 12.8. The predicted octanol–water partition coefficient (Wildman–Crippen LogP) is 4.37. The van der Waals surface area contributed by atoms with Crippen LogP contribution in [0.25, 0.3) is 0 Å². The molecule has 0 amide bonds. The molecule has 162 valence electrons. The number of unbranched alkanes of at least 4 members (excludes halogenated alkanes) is 1. The first-order valence-electron chi connectivity index (χ1n) is 10.4. The minimum atomic E-state index is 0.0586. The predicted molar refractivity (Wildman–Crippen MR) is 127 cm³/mol. The molecule has 0 saturated carbocycles. The fourth-order valence-electron chi connectivity index (χ4n) is 3.08. The molecule has 0 bridgehead atoms. The highest BCUT2D eigenvalue weighted by atomic mass is 32.2. The van der Waals surface area contributed by atoms with Gasteiger partial charge in [0, 0.05) is 0 Å². The van der Waals surface area contributed by atoms with Gasteiger partial charge in [0.25, 0.3) is 0 Å². The molecule has 0 aliphatic rings. The van der Waals surface area contributed by atoms with Crippen molar-refractivity contribution in [2.45, 2.75) is 39.5 Å². The maximum absolute atomic E-state index is 12.2. The van der Waals surface area contributed by atoms with Gasteiger partial charge in [-0.15, -0.1) is 0 Å². The van der Waals surface area contributed by atoms with Crippen molar-refractivity contribution in [2.24, 2.45) is 0 Å². The molecule has 0 spiro atoms. The normalized spacial score (nSPS) is 13.8. The lowest BCUT2D eigenvalue weighted by molar-refractivity contribution is -0.924. The fourth-order valence-corrected chi connectivity index (χ4v) is 5.01. The van der Waals surface area contributed by atoms with Gasteiger partial charge >= 0.3 is 0 Å². The number of nitrogens with zero attached hydrogens (tertiary/aromatic N) is 2. The van der Waals surface area contributed by atoms with Crippen LogP contribution in [0.15, 0.2) is 24.8 Å². The molecule has 0 aromatic rings. The number of carbonyl (C=O) groups is 2. The molecular formula is C22H42N2O2S2+2. The lowest BCUT2D eigenvalue weighted by Crippen LogP contribution is -2.50. The molecule has 0 radical (unpaired) electrons. The maximum Gasteiger partial charge on any atom is 0.214 e. The average Bonchev–Trinajstić information content (AvgIpc) is 2.63. The van der Waals surface area contributed by atoms with Crippen molar-refractivity contribution in [1.82, 2.24) is 0 Å². The first kappa shape index (κ1) is 27.4. The van der Waals surface area contributed by atoms with Gasteiger partial charge < -0.3 is 8.97 Å². The van der Waals surface area contributed by atoms with Crippen LogP contribution in [0.3, 0.4) is 0 Å². The van der Waals surface area contributed by atoms with E-state index in [0.717, 1.165) is 84.5 Å². The minimum absolute atomic E-state index is 0.0586. The van der Waals surface area contributed by atoms with Gasteiger partial charge in [-0.2, -0.15) is 0 Å². The highest BCUT2D eigenvalue weighted by Crippen LogP contribution is 2.18. The van der Waals surface area contributed by atoms with Crippen LogP contribution in [-0.2, 0) is 9.59 Å². The summed E-state index contributed by atoms with van der Waals surface area (Å²) in [6.45, 7) is 17.3.